The van der Waals surface area contributed by atoms with E-state index in [1.165, 1.54) is 12.2 Å². The molecular formula is C36H41ClFN7O2. The van der Waals surface area contributed by atoms with E-state index in [1.54, 1.807) is 4.90 Å². The number of halogens is 2. The van der Waals surface area contributed by atoms with Crippen LogP contribution in [0.5, 0.6) is 0 Å². The number of likely N-dealkylation sites (N-methyl/N-ethyl adjacent to an activating group) is 1. The maximum atomic E-state index is 14.2. The van der Waals surface area contributed by atoms with Crippen LogP contribution in [0.15, 0.2) is 53.3 Å². The number of hydrogen-bond donors (Lipinski definition) is 0. The summed E-state index contributed by atoms with van der Waals surface area (Å²) < 4.78 is 14.7. The van der Waals surface area contributed by atoms with E-state index < -0.39 is 12.7 Å². The highest BCUT2D eigenvalue weighted by Crippen LogP contribution is 2.52. The van der Waals surface area contributed by atoms with Crippen molar-refractivity contribution in [3.63, 3.8) is 0 Å². The van der Waals surface area contributed by atoms with Crippen LogP contribution in [0.2, 0.25) is 5.02 Å². The van der Waals surface area contributed by atoms with Gasteiger partial charge in [-0.3, -0.25) is 9.36 Å². The second-order valence-electron chi connectivity index (χ2n) is 13.6. The number of likely N-dealkylation sites (tertiary alicyclic amines) is 1. The molecule has 1 aliphatic carbocycles. The maximum Gasteiger partial charge on any atom is 0.349 e. The molecule has 0 N–H and O–H groups in total. The van der Waals surface area contributed by atoms with Crippen molar-refractivity contribution in [3.8, 4) is 6.07 Å². The highest BCUT2D eigenvalue weighted by Gasteiger charge is 2.49. The third kappa shape index (κ3) is 5.67. The van der Waals surface area contributed by atoms with Crippen LogP contribution in [0.4, 0.5) is 15.9 Å². The molecule has 1 aromatic heterocycles. The molecule has 2 atom stereocenters. The van der Waals surface area contributed by atoms with Crippen LogP contribution < -0.4 is 15.5 Å². The van der Waals surface area contributed by atoms with Gasteiger partial charge in [-0.05, 0) is 62.9 Å². The molecule has 0 unspecified atom stereocenters. The van der Waals surface area contributed by atoms with E-state index in [-0.39, 0.29) is 29.5 Å². The van der Waals surface area contributed by atoms with Gasteiger partial charge in [-0.15, -0.1) is 0 Å². The fourth-order valence-corrected chi connectivity index (χ4v) is 8.67. The Morgan fingerprint density at radius 3 is 2.64 bits per heavy atom. The molecule has 0 bridgehead atoms. The number of carbonyl (C=O) groups is 1. The van der Waals surface area contributed by atoms with Crippen LogP contribution in [0.3, 0.4) is 0 Å². The van der Waals surface area contributed by atoms with E-state index in [0.29, 0.717) is 43.6 Å². The van der Waals surface area contributed by atoms with Crippen LogP contribution in [0, 0.1) is 11.3 Å². The lowest BCUT2D eigenvalue weighted by Gasteiger charge is -2.52. The van der Waals surface area contributed by atoms with Gasteiger partial charge in [0, 0.05) is 72.6 Å². The molecule has 1 spiro atoms. The number of amides is 1. The maximum absolute atomic E-state index is 14.2. The zero-order valence-electron chi connectivity index (χ0n) is 26.9. The minimum Gasteiger partial charge on any atom is -0.364 e. The van der Waals surface area contributed by atoms with E-state index in [0.717, 1.165) is 72.9 Å². The van der Waals surface area contributed by atoms with E-state index in [2.05, 4.69) is 52.1 Å². The van der Waals surface area contributed by atoms with Crippen molar-refractivity contribution in [3.05, 3.63) is 75.3 Å². The fourth-order valence-electron chi connectivity index (χ4n) is 8.39. The quantitative estimate of drug-likeness (QED) is 0.329. The average molecular weight is 658 g/mol. The van der Waals surface area contributed by atoms with Crippen molar-refractivity contribution in [1.82, 2.24) is 19.4 Å². The molecule has 11 heteroatoms. The summed E-state index contributed by atoms with van der Waals surface area (Å²) in [7, 11) is 2.13. The number of allylic oxidation sites excluding steroid dienone is 1. The first-order valence-electron chi connectivity index (χ1n) is 16.7. The lowest BCUT2D eigenvalue weighted by molar-refractivity contribution is -0.128. The van der Waals surface area contributed by atoms with Crippen molar-refractivity contribution in [2.24, 2.45) is 0 Å². The smallest absolute Gasteiger partial charge is 0.349 e. The van der Waals surface area contributed by atoms with Crippen LogP contribution in [0.25, 0.3) is 10.8 Å². The molecule has 1 amide bonds. The molecule has 4 heterocycles. The second-order valence-corrected chi connectivity index (χ2v) is 14.0. The van der Waals surface area contributed by atoms with Gasteiger partial charge >= 0.3 is 5.69 Å². The normalized spacial score (nSPS) is 22.6. The molecule has 7 rings (SSSR count). The zero-order chi connectivity index (χ0) is 32.7. The lowest BCUT2D eigenvalue weighted by Crippen LogP contribution is -2.58. The van der Waals surface area contributed by atoms with Crippen molar-refractivity contribution in [1.29, 1.82) is 5.26 Å². The Balaban J connectivity index is 1.34. The van der Waals surface area contributed by atoms with Crippen LogP contribution in [-0.2, 0) is 23.3 Å². The molecular weight excluding hydrogens is 617 g/mol. The molecule has 3 fully saturated rings. The van der Waals surface area contributed by atoms with E-state index in [1.807, 2.05) is 16.7 Å². The molecule has 0 radical (unpaired) electrons. The number of piperazine rings is 1. The Labute approximate surface area is 279 Å². The highest BCUT2D eigenvalue weighted by molar-refractivity contribution is 6.36. The number of nitriles is 1. The number of alkyl halides is 1. The number of nitrogens with zero attached hydrogens (tertiary/aromatic N) is 7. The van der Waals surface area contributed by atoms with Gasteiger partial charge in [-0.2, -0.15) is 10.2 Å². The lowest BCUT2D eigenvalue weighted by atomic mass is 9.62. The molecule has 47 heavy (non-hydrogen) atoms. The summed E-state index contributed by atoms with van der Waals surface area (Å²) in [6.07, 6.45) is 7.80. The van der Waals surface area contributed by atoms with Gasteiger partial charge in [0.1, 0.15) is 12.5 Å². The molecule has 2 saturated heterocycles. The van der Waals surface area contributed by atoms with Gasteiger partial charge in [0.05, 0.1) is 30.1 Å². The summed E-state index contributed by atoms with van der Waals surface area (Å²) in [4.78, 5) is 40.5. The van der Waals surface area contributed by atoms with Crippen LogP contribution >= 0.6 is 11.6 Å². The summed E-state index contributed by atoms with van der Waals surface area (Å²) >= 11 is 6.84. The molecule has 246 valence electrons. The Morgan fingerprint density at radius 1 is 1.13 bits per heavy atom. The van der Waals surface area contributed by atoms with E-state index >= 15 is 0 Å². The number of hydrogen-bond acceptors (Lipinski definition) is 7. The Hall–Kier alpha value is -3.94. The number of benzene rings is 2. The van der Waals surface area contributed by atoms with E-state index in [9.17, 15) is 19.2 Å². The molecule has 3 aliphatic heterocycles. The first kappa shape index (κ1) is 31.6. The summed E-state index contributed by atoms with van der Waals surface area (Å²) in [5.74, 6) is 0.402. The largest absolute Gasteiger partial charge is 0.364 e. The van der Waals surface area contributed by atoms with E-state index in [4.69, 9.17) is 16.6 Å². The van der Waals surface area contributed by atoms with Crippen LogP contribution in [-0.4, -0.2) is 83.8 Å². The van der Waals surface area contributed by atoms with Gasteiger partial charge in [0.15, 0.2) is 0 Å². The SMILES string of the molecule is CN1CCC[C@H]1Cn1c2c(c(N3CCN(C(=O)/C=C/CF)[C@@H](CC#N)C3)nc1=O)C1(CCC1)CN(c1cccc3cccc(Cl)c13)C2. The fraction of sp³-hybridized carbons (Fsp3) is 0.500. The summed E-state index contributed by atoms with van der Waals surface area (Å²) in [6, 6.07) is 14.4. The Kier molecular flexibility index (Phi) is 8.71. The third-order valence-corrected chi connectivity index (χ3v) is 11.2. The molecule has 3 aromatic rings. The topological polar surface area (TPSA) is 88.7 Å². The molecule has 1 saturated carbocycles. The minimum absolute atomic E-state index is 0.139. The summed E-state index contributed by atoms with van der Waals surface area (Å²) in [5.41, 5.74) is 2.78. The van der Waals surface area contributed by atoms with Crippen molar-refractivity contribution in [2.75, 3.05) is 56.2 Å². The van der Waals surface area contributed by atoms with Gasteiger partial charge in [-0.1, -0.05) is 42.3 Å². The van der Waals surface area contributed by atoms with Gasteiger partial charge in [0.25, 0.3) is 0 Å². The van der Waals surface area contributed by atoms with Gasteiger partial charge in [0.2, 0.25) is 5.91 Å². The molecule has 4 aliphatic rings. The molecule has 9 nitrogen and oxygen atoms in total. The zero-order valence-corrected chi connectivity index (χ0v) is 27.6. The standard InChI is InChI=1S/C36H41ClFN7O2/c1-41-18-5-9-26(41)22-45-30-23-43(29-11-3-8-25-7-2-10-28(37)32(25)29)24-36(14-6-15-36)33(30)34(40-35(45)47)42-19-20-44(27(21-42)13-17-39)31(46)12-4-16-38/h2-4,7-8,10-12,26-27H,5-6,9,13-16,18-24H2,1H3/b12-4+/t26-,27-/m0/s1. The second kappa shape index (κ2) is 12.9. The Bertz CT molecular complexity index is 1810. The number of fused-ring (bicyclic) bond motifs is 3. The number of carbonyl (C=O) groups excluding carboxylic acids is 1. The predicted molar refractivity (Wildman–Crippen MR) is 183 cm³/mol. The number of rotatable bonds is 7. The first-order valence-corrected chi connectivity index (χ1v) is 17.1. The van der Waals surface area contributed by atoms with Crippen molar-refractivity contribution in [2.45, 2.75) is 69.1 Å². The van der Waals surface area contributed by atoms with Crippen LogP contribution in [0.1, 0.15) is 49.8 Å². The Morgan fingerprint density at radius 2 is 1.94 bits per heavy atom. The summed E-state index contributed by atoms with van der Waals surface area (Å²) in [6.45, 7) is 3.45. The first-order chi connectivity index (χ1) is 22.8. The van der Waals surface area contributed by atoms with Gasteiger partial charge in [-0.25, -0.2) is 9.18 Å². The predicted octanol–water partition coefficient (Wildman–Crippen LogP) is 5.04. The average Bonchev–Trinajstić information content (AvgIpc) is 3.47. The third-order valence-electron chi connectivity index (χ3n) is 10.9. The van der Waals surface area contributed by atoms with Crippen molar-refractivity contribution >= 4 is 39.8 Å². The van der Waals surface area contributed by atoms with Gasteiger partial charge < -0.3 is 19.6 Å². The number of aromatic nitrogens is 2. The minimum atomic E-state index is -0.721. The van der Waals surface area contributed by atoms with Crippen molar-refractivity contribution < 1.29 is 9.18 Å². The number of anilines is 2. The summed E-state index contributed by atoms with van der Waals surface area (Å²) in [5, 5.41) is 12.5. The monoisotopic (exact) mass is 657 g/mol. The molecule has 2 aromatic carbocycles. The highest BCUT2D eigenvalue weighted by atomic mass is 35.5.